The number of aryl methyl sites for hydroxylation is 1. The molecule has 0 aliphatic carbocycles. The Morgan fingerprint density at radius 3 is 2.15 bits per heavy atom. The minimum atomic E-state index is -3.84. The molecule has 10 heteroatoms. The summed E-state index contributed by atoms with van der Waals surface area (Å²) in [5.41, 5.74) is 2.14. The zero-order valence-corrected chi connectivity index (χ0v) is 25.6. The monoisotopic (exact) mass is 603 g/mol. The maximum absolute atomic E-state index is 14.1. The first-order valence-electron chi connectivity index (χ1n) is 12.8. The van der Waals surface area contributed by atoms with E-state index in [2.05, 4.69) is 5.32 Å². The fourth-order valence-corrected chi connectivity index (χ4v) is 5.40. The molecule has 0 aliphatic heterocycles. The number of benzene rings is 3. The SMILES string of the molecule is Cc1cccc(N(CC(=O)N(Cc2ccc(Cl)c(Cl)c2)[C@@H](Cc2ccccc2)C(=O)NC(C)(C)C)S(C)(=O)=O)c1. The summed E-state index contributed by atoms with van der Waals surface area (Å²) in [6, 6.07) is 20.3. The van der Waals surface area contributed by atoms with Crippen LogP contribution in [-0.4, -0.2) is 49.5 Å². The summed E-state index contributed by atoms with van der Waals surface area (Å²) in [6.07, 6.45) is 1.28. The predicted octanol–water partition coefficient (Wildman–Crippen LogP) is 5.62. The lowest BCUT2D eigenvalue weighted by molar-refractivity contribution is -0.140. The summed E-state index contributed by atoms with van der Waals surface area (Å²) in [5.74, 6) is -0.894. The van der Waals surface area contributed by atoms with Gasteiger partial charge >= 0.3 is 0 Å². The van der Waals surface area contributed by atoms with E-state index >= 15 is 0 Å². The number of hydrogen-bond donors (Lipinski definition) is 1. The number of nitrogens with zero attached hydrogens (tertiary/aromatic N) is 2. The van der Waals surface area contributed by atoms with Crippen LogP contribution < -0.4 is 9.62 Å². The van der Waals surface area contributed by atoms with E-state index in [0.29, 0.717) is 21.3 Å². The molecule has 214 valence electrons. The van der Waals surface area contributed by atoms with Crippen molar-refractivity contribution in [2.45, 2.75) is 52.2 Å². The maximum atomic E-state index is 14.1. The first-order valence-corrected chi connectivity index (χ1v) is 15.4. The highest BCUT2D eigenvalue weighted by Crippen LogP contribution is 2.25. The van der Waals surface area contributed by atoms with E-state index in [9.17, 15) is 18.0 Å². The van der Waals surface area contributed by atoms with Crippen molar-refractivity contribution in [3.8, 4) is 0 Å². The van der Waals surface area contributed by atoms with Gasteiger partial charge in [0, 0.05) is 18.5 Å². The Morgan fingerprint density at radius 2 is 1.57 bits per heavy atom. The molecule has 1 N–H and O–H groups in total. The van der Waals surface area contributed by atoms with Crippen molar-refractivity contribution < 1.29 is 18.0 Å². The van der Waals surface area contributed by atoms with Crippen LogP contribution in [-0.2, 0) is 32.6 Å². The van der Waals surface area contributed by atoms with Crippen molar-refractivity contribution in [3.63, 3.8) is 0 Å². The minimum absolute atomic E-state index is 0.0101. The molecule has 0 radical (unpaired) electrons. The van der Waals surface area contributed by atoms with Crippen molar-refractivity contribution in [2.24, 2.45) is 0 Å². The molecule has 3 aromatic rings. The molecule has 0 saturated carbocycles. The number of rotatable bonds is 10. The standard InChI is InChI=1S/C30H35Cl2N3O4S/c1-21-10-9-13-24(16-21)35(40(5,38)39)20-28(36)34(19-23-14-15-25(31)26(32)17-23)27(29(37)33-30(2,3)4)18-22-11-7-6-8-12-22/h6-17,27H,18-20H2,1-5H3,(H,33,37)/t27-/m0/s1. The highest BCUT2D eigenvalue weighted by Gasteiger charge is 2.34. The highest BCUT2D eigenvalue weighted by molar-refractivity contribution is 7.92. The third kappa shape index (κ3) is 8.98. The predicted molar refractivity (Wildman–Crippen MR) is 162 cm³/mol. The quantitative estimate of drug-likeness (QED) is 0.326. The second-order valence-corrected chi connectivity index (χ2v) is 13.5. The van der Waals surface area contributed by atoms with Crippen LogP contribution in [0.25, 0.3) is 0 Å². The molecule has 0 aliphatic rings. The van der Waals surface area contributed by atoms with Crippen molar-refractivity contribution in [1.29, 1.82) is 0 Å². The van der Waals surface area contributed by atoms with Gasteiger partial charge in [0.1, 0.15) is 12.6 Å². The fourth-order valence-electron chi connectivity index (χ4n) is 4.24. The number of sulfonamides is 1. The second kappa shape index (κ2) is 13.1. The van der Waals surface area contributed by atoms with Crippen molar-refractivity contribution >= 4 is 50.7 Å². The van der Waals surface area contributed by atoms with E-state index in [1.807, 2.05) is 64.1 Å². The summed E-state index contributed by atoms with van der Waals surface area (Å²) in [7, 11) is -3.84. The van der Waals surface area contributed by atoms with Crippen LogP contribution in [0.2, 0.25) is 10.0 Å². The van der Waals surface area contributed by atoms with E-state index in [1.165, 1.54) is 4.90 Å². The molecule has 0 aromatic heterocycles. The lowest BCUT2D eigenvalue weighted by Crippen LogP contribution is -2.56. The molecule has 0 fully saturated rings. The first-order chi connectivity index (χ1) is 18.6. The number of amides is 2. The van der Waals surface area contributed by atoms with Gasteiger partial charge in [0.2, 0.25) is 21.8 Å². The average Bonchev–Trinajstić information content (AvgIpc) is 2.85. The van der Waals surface area contributed by atoms with Gasteiger partial charge < -0.3 is 10.2 Å². The van der Waals surface area contributed by atoms with E-state index in [1.54, 1.807) is 36.4 Å². The molecule has 3 rings (SSSR count). The zero-order chi connectivity index (χ0) is 29.7. The third-order valence-electron chi connectivity index (χ3n) is 6.08. The van der Waals surface area contributed by atoms with E-state index in [0.717, 1.165) is 21.7 Å². The number of carbonyl (C=O) groups excluding carboxylic acids is 2. The average molecular weight is 605 g/mol. The van der Waals surface area contributed by atoms with Gasteiger partial charge in [-0.2, -0.15) is 0 Å². The van der Waals surface area contributed by atoms with Crippen LogP contribution in [0.5, 0.6) is 0 Å². The van der Waals surface area contributed by atoms with Gasteiger partial charge in [-0.15, -0.1) is 0 Å². The van der Waals surface area contributed by atoms with Crippen molar-refractivity contribution in [3.05, 3.63) is 99.5 Å². The van der Waals surface area contributed by atoms with E-state index < -0.39 is 34.1 Å². The number of anilines is 1. The Labute approximate surface area is 247 Å². The fraction of sp³-hybridized carbons (Fsp3) is 0.333. The zero-order valence-electron chi connectivity index (χ0n) is 23.3. The van der Waals surface area contributed by atoms with Crippen molar-refractivity contribution in [1.82, 2.24) is 10.2 Å². The van der Waals surface area contributed by atoms with Gasteiger partial charge in [-0.05, 0) is 68.7 Å². The topological polar surface area (TPSA) is 86.8 Å². The third-order valence-corrected chi connectivity index (χ3v) is 7.95. The summed E-state index contributed by atoms with van der Waals surface area (Å²) in [4.78, 5) is 29.2. The maximum Gasteiger partial charge on any atom is 0.244 e. The Hall–Kier alpha value is -3.07. The molecule has 0 spiro atoms. The Kier molecular flexibility index (Phi) is 10.3. The number of nitrogens with one attached hydrogen (secondary N) is 1. The second-order valence-electron chi connectivity index (χ2n) is 10.8. The Balaban J connectivity index is 2.09. The normalized spacial score (nSPS) is 12.5. The molecule has 2 amide bonds. The molecule has 3 aromatic carbocycles. The minimum Gasteiger partial charge on any atom is -0.350 e. The largest absolute Gasteiger partial charge is 0.350 e. The summed E-state index contributed by atoms with van der Waals surface area (Å²) in [6.45, 7) is 6.94. The van der Waals surface area contributed by atoms with Gasteiger partial charge in [-0.1, -0.05) is 71.7 Å². The first kappa shape index (κ1) is 31.5. The van der Waals surface area contributed by atoms with Gasteiger partial charge in [-0.25, -0.2) is 8.42 Å². The molecule has 7 nitrogen and oxygen atoms in total. The van der Waals surface area contributed by atoms with Crippen molar-refractivity contribution in [2.75, 3.05) is 17.1 Å². The van der Waals surface area contributed by atoms with Gasteiger partial charge in [0.25, 0.3) is 0 Å². The van der Waals surface area contributed by atoms with E-state index in [-0.39, 0.29) is 18.9 Å². The highest BCUT2D eigenvalue weighted by atomic mass is 35.5. The number of halogens is 2. The van der Waals surface area contributed by atoms with Crippen LogP contribution >= 0.6 is 23.2 Å². The lowest BCUT2D eigenvalue weighted by Gasteiger charge is -2.35. The smallest absolute Gasteiger partial charge is 0.244 e. The van der Waals surface area contributed by atoms with Crippen LogP contribution in [0.1, 0.15) is 37.5 Å². The summed E-state index contributed by atoms with van der Waals surface area (Å²) < 4.78 is 26.8. The number of hydrogen-bond acceptors (Lipinski definition) is 4. The Morgan fingerprint density at radius 1 is 0.900 bits per heavy atom. The molecule has 0 saturated heterocycles. The molecule has 0 unspecified atom stereocenters. The number of carbonyl (C=O) groups is 2. The molecule has 40 heavy (non-hydrogen) atoms. The molecular weight excluding hydrogens is 569 g/mol. The van der Waals surface area contributed by atoms with E-state index in [4.69, 9.17) is 23.2 Å². The summed E-state index contributed by atoms with van der Waals surface area (Å²) in [5, 5.41) is 3.66. The van der Waals surface area contributed by atoms with Gasteiger partial charge in [0.15, 0.2) is 0 Å². The van der Waals surface area contributed by atoms with Crippen LogP contribution in [0.4, 0.5) is 5.69 Å². The summed E-state index contributed by atoms with van der Waals surface area (Å²) >= 11 is 12.4. The molecule has 0 bridgehead atoms. The molecular formula is C30H35Cl2N3O4S. The lowest BCUT2D eigenvalue weighted by atomic mass is 10.0. The van der Waals surface area contributed by atoms with Gasteiger partial charge in [0.05, 0.1) is 22.0 Å². The van der Waals surface area contributed by atoms with Crippen LogP contribution in [0, 0.1) is 6.92 Å². The van der Waals surface area contributed by atoms with Crippen LogP contribution in [0.15, 0.2) is 72.8 Å². The molecule has 0 heterocycles. The Bertz CT molecular complexity index is 1460. The van der Waals surface area contributed by atoms with Crippen LogP contribution in [0.3, 0.4) is 0 Å². The molecule has 1 atom stereocenters. The van der Waals surface area contributed by atoms with Gasteiger partial charge in [-0.3, -0.25) is 13.9 Å².